The fourth-order valence-electron chi connectivity index (χ4n) is 1.55. The van der Waals surface area contributed by atoms with E-state index >= 15 is 0 Å². The van der Waals surface area contributed by atoms with Crippen LogP contribution >= 0.6 is 23.8 Å². The van der Waals surface area contributed by atoms with Gasteiger partial charge in [0.25, 0.3) is 0 Å². The second-order valence-electron chi connectivity index (χ2n) is 3.94. The van der Waals surface area contributed by atoms with Gasteiger partial charge >= 0.3 is 0 Å². The monoisotopic (exact) mass is 324 g/mol. The number of rotatable bonds is 4. The quantitative estimate of drug-likeness (QED) is 0.638. The first-order valence-electron chi connectivity index (χ1n) is 5.52. The van der Waals surface area contributed by atoms with Gasteiger partial charge in [0.05, 0.1) is 22.8 Å². The van der Waals surface area contributed by atoms with Crippen LogP contribution in [-0.4, -0.2) is 18.6 Å². The topological polar surface area (TPSA) is 59.4 Å². The summed E-state index contributed by atoms with van der Waals surface area (Å²) < 4.78 is 24.4. The summed E-state index contributed by atoms with van der Waals surface area (Å²) >= 11 is 10.2. The van der Waals surface area contributed by atoms with Crippen LogP contribution in [0.25, 0.3) is 0 Å². The lowest BCUT2D eigenvalue weighted by atomic mass is 10.2. The van der Waals surface area contributed by atoms with Gasteiger partial charge in [-0.3, -0.25) is 0 Å². The van der Waals surface area contributed by atoms with Crippen LogP contribution in [-0.2, 0) is 15.6 Å². The lowest BCUT2D eigenvalue weighted by molar-refractivity contribution is 0.591. The number of sulfone groups is 1. The van der Waals surface area contributed by atoms with Crippen molar-refractivity contribution in [3.63, 3.8) is 0 Å². The molecule has 1 heterocycles. The second-order valence-corrected chi connectivity index (χ2v) is 6.50. The van der Waals surface area contributed by atoms with Crippen molar-refractivity contribution in [3.8, 4) is 0 Å². The highest BCUT2D eigenvalue weighted by Gasteiger charge is 2.16. The van der Waals surface area contributed by atoms with Gasteiger partial charge in [0.1, 0.15) is 0 Å². The molecule has 1 aromatic heterocycles. The minimum atomic E-state index is -3.50. The Kier molecular flexibility index (Phi) is 4.62. The maximum atomic E-state index is 12.2. The molecule has 0 atom stereocenters. The van der Waals surface area contributed by atoms with Crippen molar-refractivity contribution in [3.05, 3.63) is 53.2 Å². The number of pyridine rings is 1. The van der Waals surface area contributed by atoms with Crippen molar-refractivity contribution in [2.45, 2.75) is 10.8 Å². The molecule has 0 amide bonds. The molecule has 1 aromatic carbocycles. The van der Waals surface area contributed by atoms with Crippen molar-refractivity contribution in [2.75, 3.05) is 0 Å². The number of aliphatic imine (C=N–C) groups is 1. The number of hydrogen-bond acceptors (Lipinski definition) is 5. The highest BCUT2D eigenvalue weighted by atomic mass is 35.5. The van der Waals surface area contributed by atoms with Crippen LogP contribution in [0.5, 0.6) is 0 Å². The van der Waals surface area contributed by atoms with Gasteiger partial charge in [-0.05, 0) is 42.0 Å². The zero-order valence-corrected chi connectivity index (χ0v) is 12.5. The summed E-state index contributed by atoms with van der Waals surface area (Å²) in [4.78, 5) is 7.60. The molecule has 102 valence electrons. The first kappa shape index (κ1) is 14.8. The number of aromatic nitrogens is 1. The van der Waals surface area contributed by atoms with Crippen LogP contribution in [0, 0.1) is 0 Å². The summed E-state index contributed by atoms with van der Waals surface area (Å²) in [5, 5.41) is 2.75. The van der Waals surface area contributed by atoms with Crippen molar-refractivity contribution in [1.29, 1.82) is 0 Å². The Bertz CT molecular complexity index is 750. The molecule has 0 radical (unpaired) electrons. The van der Waals surface area contributed by atoms with E-state index in [9.17, 15) is 8.42 Å². The second kappa shape index (κ2) is 6.24. The summed E-state index contributed by atoms with van der Waals surface area (Å²) in [6.07, 6.45) is 1.34. The van der Waals surface area contributed by atoms with E-state index in [-0.39, 0.29) is 10.8 Å². The molecule has 0 N–H and O–H groups in total. The molecule has 0 aliphatic heterocycles. The maximum Gasteiger partial charge on any atom is 0.199 e. The average molecular weight is 325 g/mol. The van der Waals surface area contributed by atoms with Gasteiger partial charge in [0.15, 0.2) is 14.9 Å². The Morgan fingerprint density at radius 1 is 1.20 bits per heavy atom. The molecular weight excluding hydrogens is 316 g/mol. The van der Waals surface area contributed by atoms with Crippen molar-refractivity contribution >= 4 is 44.5 Å². The Morgan fingerprint density at radius 2 is 1.90 bits per heavy atom. The minimum Gasteiger partial charge on any atom is -0.242 e. The fraction of sp³-hybridized carbons (Fsp3) is 0.0769. The number of thiocarbonyl (C=S) groups is 1. The first-order chi connectivity index (χ1) is 9.51. The van der Waals surface area contributed by atoms with Crippen LogP contribution in [0.3, 0.4) is 0 Å². The van der Waals surface area contributed by atoms with Crippen molar-refractivity contribution in [2.24, 2.45) is 4.99 Å². The fourth-order valence-corrected chi connectivity index (χ4v) is 3.05. The summed E-state index contributed by atoms with van der Waals surface area (Å²) in [5.74, 6) is -0.132. The summed E-state index contributed by atoms with van der Waals surface area (Å²) in [5.41, 5.74) is 1.11. The van der Waals surface area contributed by atoms with E-state index in [0.29, 0.717) is 16.3 Å². The van der Waals surface area contributed by atoms with Crippen LogP contribution in [0.1, 0.15) is 5.56 Å². The highest BCUT2D eigenvalue weighted by molar-refractivity contribution is 7.90. The zero-order valence-electron chi connectivity index (χ0n) is 10.2. The molecule has 7 heteroatoms. The van der Waals surface area contributed by atoms with Crippen LogP contribution in [0.15, 0.2) is 52.6 Å². The van der Waals surface area contributed by atoms with Gasteiger partial charge < -0.3 is 0 Å². The van der Waals surface area contributed by atoms with Crippen molar-refractivity contribution < 1.29 is 8.42 Å². The van der Waals surface area contributed by atoms with Gasteiger partial charge in [0.2, 0.25) is 0 Å². The molecule has 4 nitrogen and oxygen atoms in total. The normalized spacial score (nSPS) is 10.8. The molecule has 0 saturated carbocycles. The SMILES string of the molecule is O=S(=O)(Cc1ccc(Cl)cc1)c1ccc(N=C=S)cn1. The van der Waals surface area contributed by atoms with Gasteiger partial charge in [-0.25, -0.2) is 13.4 Å². The summed E-state index contributed by atoms with van der Waals surface area (Å²) in [6, 6.07) is 9.57. The highest BCUT2D eigenvalue weighted by Crippen LogP contribution is 2.18. The third-order valence-corrected chi connectivity index (χ3v) is 4.42. The van der Waals surface area contributed by atoms with Crippen LogP contribution < -0.4 is 0 Å². The number of halogens is 1. The van der Waals surface area contributed by atoms with Gasteiger partial charge in [0, 0.05) is 5.02 Å². The molecule has 0 bridgehead atoms. The van der Waals surface area contributed by atoms with E-state index < -0.39 is 9.84 Å². The standard InChI is InChI=1S/C13H9ClN2O2S2/c14-11-3-1-10(2-4-11)8-20(17,18)13-6-5-12(7-15-13)16-9-19/h1-7H,8H2. The Morgan fingerprint density at radius 3 is 2.45 bits per heavy atom. The lowest BCUT2D eigenvalue weighted by Crippen LogP contribution is -2.06. The summed E-state index contributed by atoms with van der Waals surface area (Å²) in [6.45, 7) is 0. The van der Waals surface area contributed by atoms with Gasteiger partial charge in [-0.1, -0.05) is 23.7 Å². The zero-order chi connectivity index (χ0) is 14.6. The predicted octanol–water partition coefficient (Wildman–Crippen LogP) is 3.44. The Hall–Kier alpha value is -1.59. The van der Waals surface area contributed by atoms with E-state index in [2.05, 4.69) is 27.4 Å². The molecule has 2 rings (SSSR count). The molecule has 20 heavy (non-hydrogen) atoms. The average Bonchev–Trinajstić information content (AvgIpc) is 2.42. The van der Waals surface area contributed by atoms with E-state index in [1.165, 1.54) is 18.3 Å². The minimum absolute atomic E-state index is 0.00392. The molecule has 0 fully saturated rings. The number of nitrogens with zero attached hydrogens (tertiary/aromatic N) is 2. The number of isothiocyanates is 1. The van der Waals surface area contributed by atoms with Crippen LogP contribution in [0.2, 0.25) is 5.02 Å². The molecular formula is C13H9ClN2O2S2. The van der Waals surface area contributed by atoms with E-state index in [0.717, 1.165) is 0 Å². The van der Waals surface area contributed by atoms with E-state index in [1.54, 1.807) is 24.3 Å². The van der Waals surface area contributed by atoms with Crippen molar-refractivity contribution in [1.82, 2.24) is 4.98 Å². The molecule has 0 aliphatic rings. The smallest absolute Gasteiger partial charge is 0.199 e. The van der Waals surface area contributed by atoms with Crippen LogP contribution in [0.4, 0.5) is 5.69 Å². The Labute approximate surface area is 127 Å². The predicted molar refractivity (Wildman–Crippen MR) is 81.3 cm³/mol. The molecule has 0 unspecified atom stereocenters. The summed E-state index contributed by atoms with van der Waals surface area (Å²) in [7, 11) is -3.50. The maximum absolute atomic E-state index is 12.2. The van der Waals surface area contributed by atoms with E-state index in [4.69, 9.17) is 11.6 Å². The number of hydrogen-bond donors (Lipinski definition) is 0. The molecule has 0 spiro atoms. The van der Waals surface area contributed by atoms with Gasteiger partial charge in [-0.15, -0.1) is 0 Å². The third kappa shape index (κ3) is 3.71. The Balaban J connectivity index is 2.25. The van der Waals surface area contributed by atoms with Gasteiger partial charge in [-0.2, -0.15) is 4.99 Å². The largest absolute Gasteiger partial charge is 0.242 e. The lowest BCUT2D eigenvalue weighted by Gasteiger charge is -2.04. The third-order valence-electron chi connectivity index (χ3n) is 2.48. The first-order valence-corrected chi connectivity index (χ1v) is 7.96. The molecule has 0 saturated heterocycles. The molecule has 2 aromatic rings. The number of benzene rings is 1. The van der Waals surface area contributed by atoms with E-state index in [1.807, 2.05) is 0 Å². The molecule has 0 aliphatic carbocycles.